The fraction of sp³-hybridized carbons (Fsp3) is 0.364. The van der Waals surface area contributed by atoms with Crippen molar-refractivity contribution in [3.05, 3.63) is 53.1 Å². The summed E-state index contributed by atoms with van der Waals surface area (Å²) < 4.78 is 35.8. The summed E-state index contributed by atoms with van der Waals surface area (Å²) in [6.07, 6.45) is 2.18. The molecule has 0 bridgehead atoms. The van der Waals surface area contributed by atoms with Crippen LogP contribution in [0.5, 0.6) is 11.5 Å². The first-order valence-corrected chi connectivity index (χ1v) is 10.4. The van der Waals surface area contributed by atoms with Gasteiger partial charge in [0.2, 0.25) is 5.55 Å². The molecule has 1 fully saturated rings. The maximum absolute atomic E-state index is 13.4. The smallest absolute Gasteiger partial charge is 0.230 e. The van der Waals surface area contributed by atoms with Gasteiger partial charge in [0.1, 0.15) is 5.82 Å². The number of ether oxygens (including phenoxy) is 3. The molecule has 2 aromatic carbocycles. The highest BCUT2D eigenvalue weighted by molar-refractivity contribution is 6.31. The fourth-order valence-corrected chi connectivity index (χ4v) is 3.52. The van der Waals surface area contributed by atoms with Crippen LogP contribution in [-0.4, -0.2) is 56.4 Å². The Bertz CT molecular complexity index is 1120. The molecule has 1 aliphatic rings. The zero-order valence-electron chi connectivity index (χ0n) is 17.1. The van der Waals surface area contributed by atoms with E-state index < -0.39 is 5.82 Å². The molecule has 0 N–H and O–H groups in total. The molecule has 1 saturated heterocycles. The Balaban J connectivity index is 1.57. The average Bonchev–Trinajstić information content (AvgIpc) is 2.79. The summed E-state index contributed by atoms with van der Waals surface area (Å²) in [4.78, 5) is 11.1. The second-order valence-electron chi connectivity index (χ2n) is 7.04. The van der Waals surface area contributed by atoms with Crippen molar-refractivity contribution >= 4 is 28.2 Å². The minimum atomic E-state index is -0.505. The third kappa shape index (κ3) is 5.33. The molecular weight excluding hydrogens is 425 g/mol. The van der Waals surface area contributed by atoms with Crippen LogP contribution in [0.4, 0.5) is 10.1 Å². The van der Waals surface area contributed by atoms with Gasteiger partial charge < -0.3 is 18.6 Å². The highest BCUT2D eigenvalue weighted by Gasteiger charge is 2.12. The van der Waals surface area contributed by atoms with Crippen molar-refractivity contribution in [2.24, 2.45) is 4.99 Å². The maximum atomic E-state index is 13.4. The van der Waals surface area contributed by atoms with Crippen molar-refractivity contribution in [2.45, 2.75) is 6.42 Å². The van der Waals surface area contributed by atoms with Crippen LogP contribution in [0.2, 0.25) is 5.02 Å². The van der Waals surface area contributed by atoms with Crippen molar-refractivity contribution in [3.8, 4) is 11.5 Å². The molecule has 0 spiro atoms. The lowest BCUT2D eigenvalue weighted by molar-refractivity contribution is 0.0357. The number of nitrogens with zero attached hydrogens (tertiary/aromatic N) is 3. The number of rotatable bonds is 7. The Hall–Kier alpha value is -2.68. The maximum Gasteiger partial charge on any atom is 0.230 e. The van der Waals surface area contributed by atoms with Crippen LogP contribution in [0.1, 0.15) is 6.42 Å². The molecule has 4 rings (SSSR count). The SMILES string of the molecule is COc1cc2ncoc(=Nc3ccc(F)c(Cl)c3)c2cc1OCCCN1CCOCC1. The molecule has 7 nitrogen and oxygen atoms in total. The van der Waals surface area contributed by atoms with Gasteiger partial charge in [-0.3, -0.25) is 4.90 Å². The first-order chi connectivity index (χ1) is 15.1. The number of halogens is 2. The van der Waals surface area contributed by atoms with E-state index in [9.17, 15) is 4.39 Å². The highest BCUT2D eigenvalue weighted by atomic mass is 35.5. The van der Waals surface area contributed by atoms with E-state index in [4.69, 9.17) is 30.2 Å². The molecule has 0 aliphatic carbocycles. The van der Waals surface area contributed by atoms with E-state index in [0.29, 0.717) is 40.3 Å². The summed E-state index contributed by atoms with van der Waals surface area (Å²) in [6.45, 7) is 4.94. The third-order valence-electron chi connectivity index (χ3n) is 4.98. The van der Waals surface area contributed by atoms with E-state index in [0.717, 1.165) is 39.3 Å². The number of morpholine rings is 1. The Morgan fingerprint density at radius 2 is 2.03 bits per heavy atom. The highest BCUT2D eigenvalue weighted by Crippen LogP contribution is 2.31. The first-order valence-electron chi connectivity index (χ1n) is 10.0. The Morgan fingerprint density at radius 3 is 2.81 bits per heavy atom. The molecule has 3 aromatic rings. The Labute approximate surface area is 184 Å². The lowest BCUT2D eigenvalue weighted by Crippen LogP contribution is -2.37. The van der Waals surface area contributed by atoms with Crippen LogP contribution < -0.4 is 15.0 Å². The van der Waals surface area contributed by atoms with Crippen LogP contribution in [0.15, 0.2) is 46.1 Å². The molecule has 2 heterocycles. The van der Waals surface area contributed by atoms with Crippen LogP contribution in [0, 0.1) is 5.82 Å². The molecule has 0 saturated carbocycles. The van der Waals surface area contributed by atoms with Gasteiger partial charge in [-0.25, -0.2) is 14.4 Å². The number of methoxy groups -OCH3 is 1. The minimum absolute atomic E-state index is 0.00873. The van der Waals surface area contributed by atoms with Crippen LogP contribution in [-0.2, 0) is 4.74 Å². The molecule has 164 valence electrons. The van der Waals surface area contributed by atoms with E-state index in [1.807, 2.05) is 0 Å². The van der Waals surface area contributed by atoms with Gasteiger partial charge in [-0.1, -0.05) is 11.6 Å². The van der Waals surface area contributed by atoms with Gasteiger partial charge in [0.25, 0.3) is 0 Å². The van der Waals surface area contributed by atoms with Crippen LogP contribution in [0.3, 0.4) is 0 Å². The largest absolute Gasteiger partial charge is 0.493 e. The second-order valence-corrected chi connectivity index (χ2v) is 7.45. The lowest BCUT2D eigenvalue weighted by Gasteiger charge is -2.26. The monoisotopic (exact) mass is 447 g/mol. The summed E-state index contributed by atoms with van der Waals surface area (Å²) in [5.74, 6) is 0.650. The van der Waals surface area contributed by atoms with E-state index in [2.05, 4.69) is 14.9 Å². The van der Waals surface area contributed by atoms with E-state index >= 15 is 0 Å². The summed E-state index contributed by atoms with van der Waals surface area (Å²) in [5.41, 5.74) is 1.41. The summed E-state index contributed by atoms with van der Waals surface area (Å²) >= 11 is 5.87. The van der Waals surface area contributed by atoms with Gasteiger partial charge >= 0.3 is 0 Å². The predicted octanol–water partition coefficient (Wildman–Crippen LogP) is 3.96. The first kappa shape index (κ1) is 21.5. The van der Waals surface area contributed by atoms with Gasteiger partial charge in [-0.2, -0.15) is 0 Å². The third-order valence-corrected chi connectivity index (χ3v) is 5.27. The molecule has 0 atom stereocenters. The molecule has 0 radical (unpaired) electrons. The number of fused-ring (bicyclic) bond motifs is 1. The topological polar surface area (TPSA) is 69.3 Å². The number of benzene rings is 2. The Morgan fingerprint density at radius 1 is 1.19 bits per heavy atom. The lowest BCUT2D eigenvalue weighted by atomic mass is 10.2. The summed E-state index contributed by atoms with van der Waals surface area (Å²) in [6, 6.07) is 7.79. The van der Waals surface area contributed by atoms with E-state index in [-0.39, 0.29) is 5.02 Å². The van der Waals surface area contributed by atoms with E-state index in [1.165, 1.54) is 24.6 Å². The molecule has 31 heavy (non-hydrogen) atoms. The number of hydrogen-bond donors (Lipinski definition) is 0. The van der Waals surface area contributed by atoms with Gasteiger partial charge in [-0.05, 0) is 30.7 Å². The molecule has 1 aliphatic heterocycles. The quantitative estimate of drug-likeness (QED) is 0.510. The van der Waals surface area contributed by atoms with Gasteiger partial charge in [0.15, 0.2) is 17.9 Å². The van der Waals surface area contributed by atoms with E-state index in [1.54, 1.807) is 19.2 Å². The number of hydrogen-bond acceptors (Lipinski definition) is 7. The van der Waals surface area contributed by atoms with Gasteiger partial charge in [-0.15, -0.1) is 0 Å². The molecule has 1 aromatic heterocycles. The molecule has 0 unspecified atom stereocenters. The fourth-order valence-electron chi connectivity index (χ4n) is 3.35. The van der Waals surface area contributed by atoms with Crippen molar-refractivity contribution in [3.63, 3.8) is 0 Å². The van der Waals surface area contributed by atoms with Crippen molar-refractivity contribution < 1.29 is 23.0 Å². The Kier molecular flexibility index (Phi) is 7.01. The zero-order valence-corrected chi connectivity index (χ0v) is 17.9. The van der Waals surface area contributed by atoms with Gasteiger partial charge in [0.05, 0.1) is 48.5 Å². The van der Waals surface area contributed by atoms with Crippen LogP contribution in [0.25, 0.3) is 10.9 Å². The standard InChI is InChI=1S/C22H23ClFN3O4/c1-28-20-13-19-16(12-21(20)30-8-2-5-27-6-9-29-10-7-27)22(31-14-25-19)26-15-3-4-18(24)17(23)11-15/h3-4,11-14H,2,5-10H2,1H3. The summed E-state index contributed by atoms with van der Waals surface area (Å²) in [5, 5.41) is 0.637. The van der Waals surface area contributed by atoms with Crippen molar-refractivity contribution in [2.75, 3.05) is 46.6 Å². The normalized spacial score (nSPS) is 15.4. The molecule has 9 heteroatoms. The number of aromatic nitrogens is 1. The molecule has 0 amide bonds. The minimum Gasteiger partial charge on any atom is -0.493 e. The zero-order chi connectivity index (χ0) is 21.6. The van der Waals surface area contributed by atoms with Crippen LogP contribution >= 0.6 is 11.6 Å². The average molecular weight is 448 g/mol. The van der Waals surface area contributed by atoms with Gasteiger partial charge in [0, 0.05) is 25.7 Å². The molecular formula is C22H23ClFN3O4. The second kappa shape index (κ2) is 10.1. The predicted molar refractivity (Wildman–Crippen MR) is 115 cm³/mol. The van der Waals surface area contributed by atoms with Crippen molar-refractivity contribution in [1.29, 1.82) is 0 Å². The van der Waals surface area contributed by atoms with Crippen molar-refractivity contribution in [1.82, 2.24) is 9.88 Å². The summed E-state index contributed by atoms with van der Waals surface area (Å²) in [7, 11) is 1.58.